The molecule has 1 atom stereocenters. The van der Waals surface area contributed by atoms with Crippen LogP contribution in [-0.2, 0) is 6.42 Å². The van der Waals surface area contributed by atoms with Crippen molar-refractivity contribution in [2.24, 2.45) is 0 Å². The van der Waals surface area contributed by atoms with Crippen molar-refractivity contribution in [2.75, 3.05) is 0 Å². The minimum atomic E-state index is 0.195. The molecule has 0 fully saturated rings. The number of unbranched alkanes of at least 4 members (excludes halogenated alkanes) is 1. The topological polar surface area (TPSA) is 0 Å². The first-order valence-corrected chi connectivity index (χ1v) is 8.39. The van der Waals surface area contributed by atoms with E-state index in [1.54, 1.807) is 0 Å². The lowest BCUT2D eigenvalue weighted by Crippen LogP contribution is -1.94. The van der Waals surface area contributed by atoms with E-state index in [2.05, 4.69) is 60.1 Å². The molecule has 2 rings (SSSR count). The fourth-order valence-corrected chi connectivity index (χ4v) is 3.21. The zero-order valence-electron chi connectivity index (χ0n) is 12.0. The molecule has 0 spiro atoms. The summed E-state index contributed by atoms with van der Waals surface area (Å²) < 4.78 is 0. The van der Waals surface area contributed by atoms with Gasteiger partial charge in [0.2, 0.25) is 0 Å². The highest BCUT2D eigenvalue weighted by molar-refractivity contribution is 9.09. The molecule has 0 N–H and O–H groups in total. The smallest absolute Gasteiger partial charge is 0.0645 e. The second-order valence-corrected chi connectivity index (χ2v) is 6.62. The van der Waals surface area contributed by atoms with E-state index in [1.807, 2.05) is 12.1 Å². The Hall–Kier alpha value is -0.790. The van der Waals surface area contributed by atoms with Gasteiger partial charge in [-0.15, -0.1) is 0 Å². The van der Waals surface area contributed by atoms with Crippen LogP contribution in [-0.4, -0.2) is 0 Å². The Labute approximate surface area is 135 Å². The van der Waals surface area contributed by atoms with Crippen LogP contribution in [0.15, 0.2) is 42.5 Å². The van der Waals surface area contributed by atoms with Gasteiger partial charge in [0.15, 0.2) is 0 Å². The van der Waals surface area contributed by atoms with Gasteiger partial charge in [-0.1, -0.05) is 71.2 Å². The lowest BCUT2D eigenvalue weighted by molar-refractivity contribution is 0.795. The summed E-state index contributed by atoms with van der Waals surface area (Å²) in [4.78, 5) is 0.195. The number of aryl methyl sites for hydroxylation is 2. The lowest BCUT2D eigenvalue weighted by atomic mass is 10.0. The first kappa shape index (κ1) is 15.6. The fourth-order valence-electron chi connectivity index (χ4n) is 2.34. The predicted octanol–water partition coefficient (Wildman–Crippen LogP) is 6.48. The molecular formula is C18H20BrCl. The molecule has 2 heteroatoms. The van der Waals surface area contributed by atoms with Gasteiger partial charge in [-0.3, -0.25) is 0 Å². The molecule has 0 nitrogen and oxygen atoms in total. The van der Waals surface area contributed by atoms with Crippen molar-refractivity contribution in [3.63, 3.8) is 0 Å². The quantitative estimate of drug-likeness (QED) is 0.541. The largest absolute Gasteiger partial charge is 0.0843 e. The molecule has 2 aromatic rings. The van der Waals surface area contributed by atoms with Crippen LogP contribution in [0.3, 0.4) is 0 Å². The zero-order chi connectivity index (χ0) is 14.5. The van der Waals surface area contributed by atoms with E-state index in [-0.39, 0.29) is 4.83 Å². The number of hydrogen-bond donors (Lipinski definition) is 0. The SMILES string of the molecule is CCCCc1ccc(C(Br)c2cc(C)cc(Cl)c2)cc1. The van der Waals surface area contributed by atoms with Crippen molar-refractivity contribution in [1.82, 2.24) is 0 Å². The third kappa shape index (κ3) is 4.10. The van der Waals surface area contributed by atoms with Crippen molar-refractivity contribution in [3.8, 4) is 0 Å². The summed E-state index contributed by atoms with van der Waals surface area (Å²) in [6.07, 6.45) is 3.66. The molecule has 0 amide bonds. The molecule has 106 valence electrons. The number of hydrogen-bond acceptors (Lipinski definition) is 0. The second kappa shape index (κ2) is 7.28. The Balaban J connectivity index is 2.17. The van der Waals surface area contributed by atoms with Gasteiger partial charge >= 0.3 is 0 Å². The van der Waals surface area contributed by atoms with E-state index in [4.69, 9.17) is 11.6 Å². The molecule has 0 bridgehead atoms. The minimum Gasteiger partial charge on any atom is -0.0843 e. The number of alkyl halides is 1. The minimum absolute atomic E-state index is 0.195. The standard InChI is InChI=1S/C18H20BrCl/c1-3-4-5-14-6-8-15(9-7-14)18(19)16-10-13(2)11-17(20)12-16/h6-12,18H,3-5H2,1-2H3. The molecular weight excluding hydrogens is 332 g/mol. The van der Waals surface area contributed by atoms with Crippen LogP contribution in [0.2, 0.25) is 5.02 Å². The summed E-state index contributed by atoms with van der Waals surface area (Å²) in [6.45, 7) is 4.30. The van der Waals surface area contributed by atoms with Crippen LogP contribution in [0.5, 0.6) is 0 Å². The van der Waals surface area contributed by atoms with Crippen LogP contribution in [0.1, 0.15) is 46.8 Å². The first-order valence-electron chi connectivity index (χ1n) is 7.10. The van der Waals surface area contributed by atoms with Gasteiger partial charge in [0.1, 0.15) is 0 Å². The van der Waals surface area contributed by atoms with Gasteiger partial charge in [-0.05, 0) is 54.2 Å². The Bertz CT molecular complexity index is 540. The maximum absolute atomic E-state index is 6.14. The average molecular weight is 352 g/mol. The molecule has 0 heterocycles. The molecule has 20 heavy (non-hydrogen) atoms. The summed E-state index contributed by atoms with van der Waals surface area (Å²) in [5.41, 5.74) is 5.08. The monoisotopic (exact) mass is 350 g/mol. The van der Waals surface area contributed by atoms with Crippen molar-refractivity contribution in [2.45, 2.75) is 37.9 Å². The number of halogens is 2. The fraction of sp³-hybridized carbons (Fsp3) is 0.333. The zero-order valence-corrected chi connectivity index (χ0v) is 14.3. The van der Waals surface area contributed by atoms with E-state index in [0.29, 0.717) is 0 Å². The van der Waals surface area contributed by atoms with E-state index < -0.39 is 0 Å². The average Bonchev–Trinajstić information content (AvgIpc) is 2.44. The maximum atomic E-state index is 6.14. The second-order valence-electron chi connectivity index (χ2n) is 5.27. The third-order valence-corrected chi connectivity index (χ3v) is 4.72. The highest BCUT2D eigenvalue weighted by Crippen LogP contribution is 2.33. The van der Waals surface area contributed by atoms with Gasteiger partial charge in [0.05, 0.1) is 4.83 Å². The normalized spacial score (nSPS) is 12.4. The molecule has 0 saturated carbocycles. The summed E-state index contributed by atoms with van der Waals surface area (Å²) in [6, 6.07) is 15.1. The van der Waals surface area contributed by atoms with Crippen LogP contribution in [0, 0.1) is 6.92 Å². The Morgan fingerprint density at radius 3 is 2.35 bits per heavy atom. The summed E-state index contributed by atoms with van der Waals surface area (Å²) in [7, 11) is 0. The highest BCUT2D eigenvalue weighted by atomic mass is 79.9. The number of benzene rings is 2. The maximum Gasteiger partial charge on any atom is 0.0645 e. The van der Waals surface area contributed by atoms with Crippen molar-refractivity contribution in [1.29, 1.82) is 0 Å². The Morgan fingerprint density at radius 2 is 1.75 bits per heavy atom. The van der Waals surface area contributed by atoms with Crippen molar-refractivity contribution >= 4 is 27.5 Å². The van der Waals surface area contributed by atoms with Gasteiger partial charge in [-0.25, -0.2) is 0 Å². The van der Waals surface area contributed by atoms with Gasteiger partial charge in [0.25, 0.3) is 0 Å². The Kier molecular flexibility index (Phi) is 5.68. The molecule has 0 saturated heterocycles. The highest BCUT2D eigenvalue weighted by Gasteiger charge is 2.11. The third-order valence-electron chi connectivity index (χ3n) is 3.45. The molecule has 2 aromatic carbocycles. The van der Waals surface area contributed by atoms with E-state index in [9.17, 15) is 0 Å². The van der Waals surface area contributed by atoms with Crippen LogP contribution in [0.25, 0.3) is 0 Å². The van der Waals surface area contributed by atoms with Crippen LogP contribution >= 0.6 is 27.5 Å². The van der Waals surface area contributed by atoms with Crippen molar-refractivity contribution in [3.05, 3.63) is 69.7 Å². The van der Waals surface area contributed by atoms with Gasteiger partial charge in [-0.2, -0.15) is 0 Å². The lowest BCUT2D eigenvalue weighted by Gasteiger charge is -2.13. The molecule has 0 aliphatic heterocycles. The van der Waals surface area contributed by atoms with E-state index >= 15 is 0 Å². The van der Waals surface area contributed by atoms with E-state index in [0.717, 1.165) is 5.02 Å². The van der Waals surface area contributed by atoms with Crippen LogP contribution < -0.4 is 0 Å². The molecule has 1 unspecified atom stereocenters. The first-order chi connectivity index (χ1) is 9.60. The predicted molar refractivity (Wildman–Crippen MR) is 92.0 cm³/mol. The van der Waals surface area contributed by atoms with Crippen LogP contribution in [0.4, 0.5) is 0 Å². The molecule has 0 aliphatic rings. The van der Waals surface area contributed by atoms with Gasteiger partial charge < -0.3 is 0 Å². The molecule has 0 radical (unpaired) electrons. The Morgan fingerprint density at radius 1 is 1.05 bits per heavy atom. The van der Waals surface area contributed by atoms with E-state index in [1.165, 1.54) is 41.5 Å². The molecule has 0 aliphatic carbocycles. The van der Waals surface area contributed by atoms with Gasteiger partial charge in [0, 0.05) is 5.02 Å². The summed E-state index contributed by atoms with van der Waals surface area (Å²) in [5, 5.41) is 0.795. The van der Waals surface area contributed by atoms with Crippen molar-refractivity contribution < 1.29 is 0 Å². The summed E-state index contributed by atoms with van der Waals surface area (Å²) in [5.74, 6) is 0. The molecule has 0 aromatic heterocycles. The number of rotatable bonds is 5. The summed E-state index contributed by atoms with van der Waals surface area (Å²) >= 11 is 9.92.